The molecule has 106 valence electrons. The van der Waals surface area contributed by atoms with Crippen molar-refractivity contribution in [3.63, 3.8) is 0 Å². The number of benzene rings is 1. The van der Waals surface area contributed by atoms with E-state index in [1.54, 1.807) is 18.2 Å². The number of likely N-dealkylation sites (N-methyl/N-ethyl adjacent to an activating group) is 1. The molecule has 1 aliphatic rings. The Labute approximate surface area is 116 Å². The highest BCUT2D eigenvalue weighted by Gasteiger charge is 2.32. The number of hydrogen-bond donors (Lipinski definition) is 2. The third-order valence-electron chi connectivity index (χ3n) is 3.38. The molecule has 1 saturated heterocycles. The zero-order valence-corrected chi connectivity index (χ0v) is 11.3. The number of amides is 3. The number of rotatable bonds is 3. The molecule has 0 bridgehead atoms. The van der Waals surface area contributed by atoms with Gasteiger partial charge in [0.05, 0.1) is 0 Å². The summed E-state index contributed by atoms with van der Waals surface area (Å²) in [6, 6.07) is 6.28. The quantitative estimate of drug-likeness (QED) is 0.761. The minimum Gasteiger partial charge on any atom is -0.340 e. The van der Waals surface area contributed by atoms with E-state index < -0.39 is 6.04 Å². The van der Waals surface area contributed by atoms with E-state index in [0.717, 1.165) is 10.5 Å². The average Bonchev–Trinajstić information content (AvgIpc) is 2.48. The highest BCUT2D eigenvalue weighted by molar-refractivity contribution is 6.03. The van der Waals surface area contributed by atoms with Crippen LogP contribution in [-0.4, -0.2) is 35.7 Å². The summed E-state index contributed by atoms with van der Waals surface area (Å²) in [5.41, 5.74) is 6.83. The number of nitrogens with one attached hydrogen (secondary N) is 1. The van der Waals surface area contributed by atoms with Crippen LogP contribution in [-0.2, 0) is 16.1 Å². The van der Waals surface area contributed by atoms with Crippen molar-refractivity contribution >= 4 is 17.7 Å². The van der Waals surface area contributed by atoms with E-state index in [-0.39, 0.29) is 24.1 Å². The molecule has 0 aliphatic carbocycles. The van der Waals surface area contributed by atoms with Gasteiger partial charge in [0, 0.05) is 25.6 Å². The van der Waals surface area contributed by atoms with Gasteiger partial charge in [0.15, 0.2) is 0 Å². The number of carbonyl (C=O) groups excluding carboxylic acids is 3. The second-order valence-electron chi connectivity index (χ2n) is 4.76. The lowest BCUT2D eigenvalue weighted by atomic mass is 10.0. The minimum atomic E-state index is -0.647. The van der Waals surface area contributed by atoms with Crippen molar-refractivity contribution in [1.29, 1.82) is 0 Å². The molecule has 6 heteroatoms. The Morgan fingerprint density at radius 3 is 2.90 bits per heavy atom. The van der Waals surface area contributed by atoms with Gasteiger partial charge in [-0.05, 0) is 24.1 Å². The maximum Gasteiger partial charge on any atom is 0.251 e. The van der Waals surface area contributed by atoms with Gasteiger partial charge >= 0.3 is 0 Å². The first-order valence-electron chi connectivity index (χ1n) is 6.43. The molecule has 20 heavy (non-hydrogen) atoms. The molecule has 1 aliphatic heterocycles. The Morgan fingerprint density at radius 2 is 2.20 bits per heavy atom. The summed E-state index contributed by atoms with van der Waals surface area (Å²) in [6.45, 7) is 0.348. The molecule has 1 unspecified atom stereocenters. The summed E-state index contributed by atoms with van der Waals surface area (Å²) in [7, 11) is 1.43. The molecule has 0 radical (unpaired) electrons. The van der Waals surface area contributed by atoms with E-state index in [9.17, 15) is 14.4 Å². The average molecular weight is 275 g/mol. The number of hydrogen-bond acceptors (Lipinski definition) is 4. The van der Waals surface area contributed by atoms with Crippen LogP contribution in [0.25, 0.3) is 0 Å². The van der Waals surface area contributed by atoms with Crippen LogP contribution in [0.3, 0.4) is 0 Å². The highest BCUT2D eigenvalue weighted by atomic mass is 16.2. The van der Waals surface area contributed by atoms with Gasteiger partial charge in [0.2, 0.25) is 5.91 Å². The predicted octanol–water partition coefficient (Wildman–Crippen LogP) is 0.0225. The Kier molecular flexibility index (Phi) is 4.14. The fourth-order valence-electron chi connectivity index (χ4n) is 2.13. The fourth-order valence-corrected chi connectivity index (χ4v) is 2.13. The molecular weight excluding hydrogens is 258 g/mol. The molecular formula is C14H17N3O3. The van der Waals surface area contributed by atoms with Gasteiger partial charge in [0.1, 0.15) is 6.04 Å². The predicted molar refractivity (Wildman–Crippen MR) is 72.6 cm³/mol. The normalized spacial score (nSPS) is 19.1. The van der Waals surface area contributed by atoms with E-state index in [1.807, 2.05) is 6.07 Å². The van der Waals surface area contributed by atoms with E-state index in [1.165, 1.54) is 7.05 Å². The monoisotopic (exact) mass is 275 g/mol. The number of imide groups is 1. The largest absolute Gasteiger partial charge is 0.340 e. The molecule has 1 aromatic carbocycles. The van der Waals surface area contributed by atoms with Crippen molar-refractivity contribution < 1.29 is 14.4 Å². The van der Waals surface area contributed by atoms with Crippen molar-refractivity contribution in [2.24, 2.45) is 5.73 Å². The Morgan fingerprint density at radius 1 is 1.45 bits per heavy atom. The highest BCUT2D eigenvalue weighted by Crippen LogP contribution is 2.12. The second-order valence-corrected chi connectivity index (χ2v) is 4.76. The third-order valence-corrected chi connectivity index (χ3v) is 3.38. The smallest absolute Gasteiger partial charge is 0.251 e. The van der Waals surface area contributed by atoms with Gasteiger partial charge in [-0.2, -0.15) is 0 Å². The van der Waals surface area contributed by atoms with Gasteiger partial charge in [-0.1, -0.05) is 12.1 Å². The van der Waals surface area contributed by atoms with Crippen molar-refractivity contribution in [1.82, 2.24) is 10.2 Å². The molecule has 1 atom stereocenters. The molecule has 0 saturated carbocycles. The maximum absolute atomic E-state index is 12.1. The molecule has 1 heterocycles. The summed E-state index contributed by atoms with van der Waals surface area (Å²) in [5.74, 6) is -0.920. The van der Waals surface area contributed by atoms with E-state index in [0.29, 0.717) is 18.5 Å². The molecule has 0 spiro atoms. The lowest BCUT2D eigenvalue weighted by Crippen LogP contribution is -2.52. The maximum atomic E-state index is 12.1. The minimum absolute atomic E-state index is 0.217. The summed E-state index contributed by atoms with van der Waals surface area (Å²) in [5, 5.41) is 2.66. The van der Waals surface area contributed by atoms with Crippen molar-refractivity contribution in [2.45, 2.75) is 25.4 Å². The van der Waals surface area contributed by atoms with Crippen LogP contribution < -0.4 is 11.1 Å². The van der Waals surface area contributed by atoms with E-state index in [4.69, 9.17) is 5.73 Å². The third kappa shape index (κ3) is 2.85. The number of nitrogens with zero attached hydrogens (tertiary/aromatic N) is 1. The van der Waals surface area contributed by atoms with Crippen LogP contribution >= 0.6 is 0 Å². The van der Waals surface area contributed by atoms with Crippen LogP contribution in [0.5, 0.6) is 0 Å². The fraction of sp³-hybridized carbons (Fsp3) is 0.357. The lowest BCUT2D eigenvalue weighted by molar-refractivity contribution is -0.147. The van der Waals surface area contributed by atoms with Gasteiger partial charge in [-0.15, -0.1) is 0 Å². The molecule has 3 amide bonds. The van der Waals surface area contributed by atoms with Crippen molar-refractivity contribution in [3.8, 4) is 0 Å². The molecule has 0 aromatic heterocycles. The van der Waals surface area contributed by atoms with Crippen LogP contribution in [0.15, 0.2) is 24.3 Å². The van der Waals surface area contributed by atoms with Gasteiger partial charge in [-0.25, -0.2) is 0 Å². The molecule has 1 aromatic rings. The zero-order chi connectivity index (χ0) is 14.7. The number of likely N-dealkylation sites (tertiary alicyclic amines) is 1. The first-order valence-corrected chi connectivity index (χ1v) is 6.43. The van der Waals surface area contributed by atoms with E-state index in [2.05, 4.69) is 5.32 Å². The molecule has 3 N–H and O–H groups in total. The lowest BCUT2D eigenvalue weighted by Gasteiger charge is -2.28. The SMILES string of the molecule is CN1C(=O)CCC(NC(=O)c2cccc(CN)c2)C1=O. The second kappa shape index (κ2) is 5.83. The van der Waals surface area contributed by atoms with Crippen molar-refractivity contribution in [2.75, 3.05) is 7.05 Å². The van der Waals surface area contributed by atoms with Gasteiger partial charge < -0.3 is 11.1 Å². The van der Waals surface area contributed by atoms with Gasteiger partial charge in [0.25, 0.3) is 11.8 Å². The standard InChI is InChI=1S/C14H17N3O3/c1-17-12(18)6-5-11(14(17)20)16-13(19)10-4-2-3-9(7-10)8-15/h2-4,7,11H,5-6,8,15H2,1H3,(H,16,19). The summed E-state index contributed by atoms with van der Waals surface area (Å²) >= 11 is 0. The van der Waals surface area contributed by atoms with Crippen molar-refractivity contribution in [3.05, 3.63) is 35.4 Å². The first kappa shape index (κ1) is 14.2. The molecule has 1 fully saturated rings. The Hall–Kier alpha value is -2.21. The van der Waals surface area contributed by atoms with Crippen LogP contribution in [0.1, 0.15) is 28.8 Å². The number of carbonyl (C=O) groups is 3. The zero-order valence-electron chi connectivity index (χ0n) is 11.3. The Balaban J connectivity index is 2.07. The molecule has 6 nitrogen and oxygen atoms in total. The van der Waals surface area contributed by atoms with Crippen LogP contribution in [0.2, 0.25) is 0 Å². The number of piperidine rings is 1. The Bertz CT molecular complexity index is 556. The summed E-state index contributed by atoms with van der Waals surface area (Å²) in [6.07, 6.45) is 0.598. The summed E-state index contributed by atoms with van der Waals surface area (Å²) in [4.78, 5) is 36.4. The summed E-state index contributed by atoms with van der Waals surface area (Å²) < 4.78 is 0. The first-order chi connectivity index (χ1) is 9.52. The molecule has 2 rings (SSSR count). The topological polar surface area (TPSA) is 92.5 Å². The van der Waals surface area contributed by atoms with Crippen LogP contribution in [0, 0.1) is 0 Å². The van der Waals surface area contributed by atoms with Crippen LogP contribution in [0.4, 0.5) is 0 Å². The number of nitrogens with two attached hydrogens (primary N) is 1. The van der Waals surface area contributed by atoms with Gasteiger partial charge in [-0.3, -0.25) is 19.3 Å². The van der Waals surface area contributed by atoms with E-state index >= 15 is 0 Å².